The number of rotatable bonds is 4. The molecule has 4 heteroatoms. The fourth-order valence-corrected chi connectivity index (χ4v) is 1.76. The van der Waals surface area contributed by atoms with Crippen molar-refractivity contribution in [3.63, 3.8) is 0 Å². The van der Waals surface area contributed by atoms with Crippen molar-refractivity contribution in [2.75, 3.05) is 0 Å². The van der Waals surface area contributed by atoms with E-state index in [1.54, 1.807) is 6.20 Å². The number of carboxylic acids is 1. The van der Waals surface area contributed by atoms with E-state index in [4.69, 9.17) is 5.11 Å². The lowest BCUT2D eigenvalue weighted by atomic mass is 10.1. The summed E-state index contributed by atoms with van der Waals surface area (Å²) < 4.78 is 0. The fourth-order valence-electron chi connectivity index (χ4n) is 1.76. The molecule has 94 valence electrons. The van der Waals surface area contributed by atoms with Crippen molar-refractivity contribution in [1.29, 1.82) is 0 Å². The molecule has 0 radical (unpaired) electrons. The standard InChI is InChI=1S/C14H16N2O2/c1-9-3-4-11(7-10(9)2)14-15-8-12(16-14)5-6-13(17)18/h3-4,7-8H,5-6H2,1-2H3,(H,15,16)(H,17,18). The van der Waals surface area contributed by atoms with Gasteiger partial charge < -0.3 is 10.1 Å². The molecule has 0 aliphatic heterocycles. The van der Waals surface area contributed by atoms with Gasteiger partial charge in [-0.15, -0.1) is 0 Å². The molecule has 18 heavy (non-hydrogen) atoms. The Balaban J connectivity index is 2.18. The molecule has 0 saturated heterocycles. The summed E-state index contributed by atoms with van der Waals surface area (Å²) in [6, 6.07) is 6.15. The molecule has 0 atom stereocenters. The van der Waals surface area contributed by atoms with E-state index in [9.17, 15) is 4.79 Å². The zero-order valence-electron chi connectivity index (χ0n) is 10.5. The highest BCUT2D eigenvalue weighted by atomic mass is 16.4. The second-order valence-electron chi connectivity index (χ2n) is 4.45. The summed E-state index contributed by atoms with van der Waals surface area (Å²) in [7, 11) is 0. The van der Waals surface area contributed by atoms with Gasteiger partial charge in [0, 0.05) is 17.5 Å². The predicted octanol–water partition coefficient (Wildman–Crippen LogP) is 2.71. The number of aromatic nitrogens is 2. The first-order chi connectivity index (χ1) is 8.56. The lowest BCUT2D eigenvalue weighted by Gasteiger charge is -2.02. The second-order valence-corrected chi connectivity index (χ2v) is 4.45. The molecule has 1 aromatic heterocycles. The van der Waals surface area contributed by atoms with Crippen molar-refractivity contribution in [2.45, 2.75) is 26.7 Å². The van der Waals surface area contributed by atoms with Crippen LogP contribution in [0.4, 0.5) is 0 Å². The number of aliphatic carboxylic acids is 1. The fraction of sp³-hybridized carbons (Fsp3) is 0.286. The Kier molecular flexibility index (Phi) is 3.46. The summed E-state index contributed by atoms with van der Waals surface area (Å²) in [5.74, 6) is -0.00387. The lowest BCUT2D eigenvalue weighted by Crippen LogP contribution is -1.97. The Morgan fingerprint density at radius 1 is 1.33 bits per heavy atom. The molecular formula is C14H16N2O2. The Morgan fingerprint density at radius 3 is 2.78 bits per heavy atom. The van der Waals surface area contributed by atoms with Crippen LogP contribution >= 0.6 is 0 Å². The first kappa shape index (κ1) is 12.4. The van der Waals surface area contributed by atoms with Gasteiger partial charge in [0.15, 0.2) is 0 Å². The van der Waals surface area contributed by atoms with Gasteiger partial charge in [0.2, 0.25) is 0 Å². The number of aromatic amines is 1. The third-order valence-electron chi connectivity index (χ3n) is 3.02. The monoisotopic (exact) mass is 244 g/mol. The summed E-state index contributed by atoms with van der Waals surface area (Å²) in [5, 5.41) is 8.63. The SMILES string of the molecule is Cc1ccc(-c2ncc(CCC(=O)O)[nH]2)cc1C. The van der Waals surface area contributed by atoms with Gasteiger partial charge in [-0.1, -0.05) is 12.1 Å². The van der Waals surface area contributed by atoms with Gasteiger partial charge in [0.05, 0.1) is 6.42 Å². The number of aryl methyl sites for hydroxylation is 3. The first-order valence-electron chi connectivity index (χ1n) is 5.89. The minimum absolute atomic E-state index is 0.120. The van der Waals surface area contributed by atoms with Gasteiger partial charge in [0.1, 0.15) is 5.82 Å². The van der Waals surface area contributed by atoms with Gasteiger partial charge in [0.25, 0.3) is 0 Å². The lowest BCUT2D eigenvalue weighted by molar-refractivity contribution is -0.136. The smallest absolute Gasteiger partial charge is 0.303 e. The first-order valence-corrected chi connectivity index (χ1v) is 5.89. The minimum atomic E-state index is -0.794. The summed E-state index contributed by atoms with van der Waals surface area (Å²) in [6.07, 6.45) is 2.30. The van der Waals surface area contributed by atoms with E-state index in [-0.39, 0.29) is 6.42 Å². The molecule has 4 nitrogen and oxygen atoms in total. The van der Waals surface area contributed by atoms with Crippen LogP contribution in [0.5, 0.6) is 0 Å². The molecule has 1 heterocycles. The van der Waals surface area contributed by atoms with E-state index in [0.717, 1.165) is 17.1 Å². The van der Waals surface area contributed by atoms with Crippen LogP contribution in [0.2, 0.25) is 0 Å². The largest absolute Gasteiger partial charge is 0.481 e. The van der Waals surface area contributed by atoms with Crippen LogP contribution in [0.3, 0.4) is 0 Å². The van der Waals surface area contributed by atoms with Crippen molar-refractivity contribution >= 4 is 5.97 Å². The molecule has 2 rings (SSSR count). The van der Waals surface area contributed by atoms with E-state index in [1.165, 1.54) is 11.1 Å². The third-order valence-corrected chi connectivity index (χ3v) is 3.02. The van der Waals surface area contributed by atoms with E-state index in [1.807, 2.05) is 6.07 Å². The molecule has 0 aliphatic carbocycles. The molecule has 0 unspecified atom stereocenters. The maximum atomic E-state index is 10.5. The van der Waals surface area contributed by atoms with E-state index >= 15 is 0 Å². The number of carboxylic acid groups (broad SMARTS) is 1. The molecule has 1 aromatic carbocycles. The number of carbonyl (C=O) groups is 1. The molecule has 0 spiro atoms. The molecule has 2 aromatic rings. The van der Waals surface area contributed by atoms with Crippen LogP contribution in [0.1, 0.15) is 23.2 Å². The zero-order valence-corrected chi connectivity index (χ0v) is 10.5. The Hall–Kier alpha value is -2.10. The van der Waals surface area contributed by atoms with Crippen molar-refractivity contribution < 1.29 is 9.90 Å². The van der Waals surface area contributed by atoms with Gasteiger partial charge >= 0.3 is 5.97 Å². The van der Waals surface area contributed by atoms with Crippen molar-refractivity contribution in [3.05, 3.63) is 41.2 Å². The molecule has 2 N–H and O–H groups in total. The average Bonchev–Trinajstić information content (AvgIpc) is 2.79. The molecular weight excluding hydrogens is 228 g/mol. The third kappa shape index (κ3) is 2.77. The highest BCUT2D eigenvalue weighted by Crippen LogP contribution is 2.19. The maximum absolute atomic E-state index is 10.5. The zero-order chi connectivity index (χ0) is 13.1. The highest BCUT2D eigenvalue weighted by Gasteiger charge is 2.06. The molecule has 0 aliphatic rings. The normalized spacial score (nSPS) is 10.6. The summed E-state index contributed by atoms with van der Waals surface area (Å²) >= 11 is 0. The molecule has 0 bridgehead atoms. The van der Waals surface area contributed by atoms with Crippen LogP contribution in [-0.4, -0.2) is 21.0 Å². The van der Waals surface area contributed by atoms with Gasteiger partial charge in [-0.2, -0.15) is 0 Å². The average molecular weight is 244 g/mol. The topological polar surface area (TPSA) is 66.0 Å². The van der Waals surface area contributed by atoms with Crippen LogP contribution < -0.4 is 0 Å². The Bertz CT molecular complexity index is 573. The van der Waals surface area contributed by atoms with Gasteiger partial charge in [-0.3, -0.25) is 4.79 Å². The number of nitrogens with one attached hydrogen (secondary N) is 1. The number of hydrogen-bond donors (Lipinski definition) is 2. The number of imidazole rings is 1. The van der Waals surface area contributed by atoms with Crippen LogP contribution in [0, 0.1) is 13.8 Å². The summed E-state index contributed by atoms with van der Waals surface area (Å²) in [4.78, 5) is 17.9. The highest BCUT2D eigenvalue weighted by molar-refractivity contribution is 5.67. The van der Waals surface area contributed by atoms with E-state index in [2.05, 4.69) is 35.9 Å². The molecule has 0 amide bonds. The predicted molar refractivity (Wildman–Crippen MR) is 69.5 cm³/mol. The van der Waals surface area contributed by atoms with Crippen molar-refractivity contribution in [1.82, 2.24) is 9.97 Å². The van der Waals surface area contributed by atoms with Crippen LogP contribution in [-0.2, 0) is 11.2 Å². The molecule has 0 fully saturated rings. The Labute approximate surface area is 106 Å². The van der Waals surface area contributed by atoms with E-state index < -0.39 is 5.97 Å². The van der Waals surface area contributed by atoms with Crippen LogP contribution in [0.25, 0.3) is 11.4 Å². The van der Waals surface area contributed by atoms with Gasteiger partial charge in [-0.25, -0.2) is 4.98 Å². The number of nitrogens with zero attached hydrogens (tertiary/aromatic N) is 1. The minimum Gasteiger partial charge on any atom is -0.481 e. The van der Waals surface area contributed by atoms with Gasteiger partial charge in [-0.05, 0) is 37.5 Å². The van der Waals surface area contributed by atoms with Crippen molar-refractivity contribution in [2.24, 2.45) is 0 Å². The van der Waals surface area contributed by atoms with Crippen molar-refractivity contribution in [3.8, 4) is 11.4 Å². The number of benzene rings is 1. The summed E-state index contributed by atoms with van der Waals surface area (Å²) in [6.45, 7) is 4.13. The van der Waals surface area contributed by atoms with Crippen LogP contribution in [0.15, 0.2) is 24.4 Å². The summed E-state index contributed by atoms with van der Waals surface area (Å²) in [5.41, 5.74) is 4.35. The number of hydrogen-bond acceptors (Lipinski definition) is 2. The number of H-pyrrole nitrogens is 1. The second kappa shape index (κ2) is 5.04. The maximum Gasteiger partial charge on any atom is 0.303 e. The Morgan fingerprint density at radius 2 is 2.11 bits per heavy atom. The molecule has 0 saturated carbocycles. The van der Waals surface area contributed by atoms with E-state index in [0.29, 0.717) is 6.42 Å². The quantitative estimate of drug-likeness (QED) is 0.869.